The van der Waals surface area contributed by atoms with Gasteiger partial charge in [0.1, 0.15) is 0 Å². The summed E-state index contributed by atoms with van der Waals surface area (Å²) in [5.41, 5.74) is 1.12. The van der Waals surface area contributed by atoms with Gasteiger partial charge in [-0.1, -0.05) is 45.8 Å². The van der Waals surface area contributed by atoms with E-state index in [0.717, 1.165) is 44.9 Å². The van der Waals surface area contributed by atoms with Gasteiger partial charge in [-0.15, -0.1) is 0 Å². The minimum Gasteiger partial charge on any atom is -0.460 e. The summed E-state index contributed by atoms with van der Waals surface area (Å²) in [6.07, 6.45) is 12.6. The number of carbonyl (C=O) groups is 3. The summed E-state index contributed by atoms with van der Waals surface area (Å²) in [6.45, 7) is 9.09. The van der Waals surface area contributed by atoms with Gasteiger partial charge in [-0.2, -0.15) is 0 Å². The normalized spacial score (nSPS) is 42.1. The van der Waals surface area contributed by atoms with Crippen molar-refractivity contribution in [2.75, 3.05) is 6.61 Å². The molecule has 0 aromatic heterocycles. The molecule has 0 heterocycles. The van der Waals surface area contributed by atoms with E-state index >= 15 is 0 Å². The number of hydrogen-bond acceptors (Lipinski definition) is 4. The van der Waals surface area contributed by atoms with Crippen molar-refractivity contribution in [2.45, 2.75) is 72.6 Å². The molecule has 30 heavy (non-hydrogen) atoms. The quantitative estimate of drug-likeness (QED) is 0.359. The van der Waals surface area contributed by atoms with Gasteiger partial charge in [-0.3, -0.25) is 9.59 Å². The Labute approximate surface area is 180 Å². The summed E-state index contributed by atoms with van der Waals surface area (Å²) in [6, 6.07) is 0. The fourth-order valence-corrected chi connectivity index (χ4v) is 7.63. The largest absolute Gasteiger partial charge is 0.460 e. The van der Waals surface area contributed by atoms with Crippen molar-refractivity contribution in [3.63, 3.8) is 0 Å². The molecule has 0 N–H and O–H groups in total. The minimum atomic E-state index is -0.626. The van der Waals surface area contributed by atoms with Crippen LogP contribution in [0, 0.1) is 40.4 Å². The van der Waals surface area contributed by atoms with Gasteiger partial charge < -0.3 is 4.74 Å². The van der Waals surface area contributed by atoms with Crippen LogP contribution in [0.25, 0.3) is 0 Å². The summed E-state index contributed by atoms with van der Waals surface area (Å²) in [5.74, 6) is 0.671. The van der Waals surface area contributed by atoms with Gasteiger partial charge in [0.25, 0.3) is 0 Å². The Morgan fingerprint density at radius 3 is 2.70 bits per heavy atom. The number of ketones is 2. The summed E-state index contributed by atoms with van der Waals surface area (Å²) in [7, 11) is 0. The van der Waals surface area contributed by atoms with Gasteiger partial charge in [0.15, 0.2) is 5.78 Å². The molecule has 0 aliphatic heterocycles. The topological polar surface area (TPSA) is 60.4 Å². The summed E-state index contributed by atoms with van der Waals surface area (Å²) >= 11 is 0. The Bertz CT molecular complexity index is 808. The first-order valence-corrected chi connectivity index (χ1v) is 11.9. The van der Waals surface area contributed by atoms with E-state index in [-0.39, 0.29) is 34.2 Å². The molecule has 0 bridgehead atoms. The maximum absolute atomic E-state index is 13.2. The van der Waals surface area contributed by atoms with E-state index in [1.165, 1.54) is 5.57 Å². The standard InChI is InChI=1S/C26H36O4/c1-5-6-13-30-24(29)23(28)22-16(2)14-21-19-8-7-17-15-18(27)9-11-25(17,3)20(19)10-12-26(21,22)4/h9,11,15-16,19-22H,5-8,10,12-14H2,1-4H3/t16?,19-,20+,21+,22-,25+,26+/m1/s1. The van der Waals surface area contributed by atoms with Crippen LogP contribution in [-0.2, 0) is 19.1 Å². The van der Waals surface area contributed by atoms with Crippen LogP contribution in [0.4, 0.5) is 0 Å². The van der Waals surface area contributed by atoms with Gasteiger partial charge in [-0.25, -0.2) is 4.79 Å². The van der Waals surface area contributed by atoms with Crippen molar-refractivity contribution in [2.24, 2.45) is 40.4 Å². The van der Waals surface area contributed by atoms with Gasteiger partial charge in [0.2, 0.25) is 5.78 Å². The molecule has 0 amide bonds. The number of unbranched alkanes of at least 4 members (excludes halogenated alkanes) is 1. The molecule has 0 aromatic carbocycles. The molecule has 0 radical (unpaired) electrons. The molecule has 0 spiro atoms. The van der Waals surface area contributed by atoms with Crippen molar-refractivity contribution < 1.29 is 19.1 Å². The van der Waals surface area contributed by atoms with Gasteiger partial charge in [0.05, 0.1) is 6.61 Å². The highest BCUT2D eigenvalue weighted by atomic mass is 16.5. The first-order valence-electron chi connectivity index (χ1n) is 11.9. The Kier molecular flexibility index (Phi) is 5.57. The lowest BCUT2D eigenvalue weighted by molar-refractivity contribution is -0.159. The van der Waals surface area contributed by atoms with Crippen molar-refractivity contribution >= 4 is 17.5 Å². The van der Waals surface area contributed by atoms with Crippen molar-refractivity contribution in [1.29, 1.82) is 0 Å². The summed E-state index contributed by atoms with van der Waals surface area (Å²) in [4.78, 5) is 37.6. The number of carbonyl (C=O) groups excluding carboxylic acids is 3. The van der Waals surface area contributed by atoms with E-state index in [9.17, 15) is 14.4 Å². The van der Waals surface area contributed by atoms with Crippen molar-refractivity contribution in [3.05, 3.63) is 23.8 Å². The highest BCUT2D eigenvalue weighted by Gasteiger charge is 2.62. The van der Waals surface area contributed by atoms with Crippen LogP contribution < -0.4 is 0 Å². The predicted molar refractivity (Wildman–Crippen MR) is 116 cm³/mol. The van der Waals surface area contributed by atoms with E-state index in [1.54, 1.807) is 6.08 Å². The molecule has 4 heteroatoms. The molecule has 7 atom stereocenters. The fraction of sp³-hybridized carbons (Fsp3) is 0.731. The molecule has 3 saturated carbocycles. The molecular formula is C26H36O4. The summed E-state index contributed by atoms with van der Waals surface area (Å²) < 4.78 is 5.30. The zero-order valence-corrected chi connectivity index (χ0v) is 18.9. The molecule has 4 nitrogen and oxygen atoms in total. The second-order valence-electron chi connectivity index (χ2n) is 10.7. The van der Waals surface area contributed by atoms with E-state index in [1.807, 2.05) is 13.0 Å². The highest BCUT2D eigenvalue weighted by molar-refractivity contribution is 6.34. The van der Waals surface area contributed by atoms with E-state index in [0.29, 0.717) is 24.4 Å². The molecule has 164 valence electrons. The molecule has 4 rings (SSSR count). The van der Waals surface area contributed by atoms with E-state index in [4.69, 9.17) is 4.74 Å². The number of Topliss-reactive ketones (excluding diaryl/α,β-unsaturated/α-hetero) is 1. The van der Waals surface area contributed by atoms with E-state index in [2.05, 4.69) is 26.8 Å². The molecule has 3 fully saturated rings. The molecular weight excluding hydrogens is 376 g/mol. The Balaban J connectivity index is 1.57. The van der Waals surface area contributed by atoms with Crippen LogP contribution in [0.2, 0.25) is 0 Å². The van der Waals surface area contributed by atoms with Crippen LogP contribution in [-0.4, -0.2) is 24.1 Å². The predicted octanol–water partition coefficient (Wildman–Crippen LogP) is 5.07. The summed E-state index contributed by atoms with van der Waals surface area (Å²) in [5, 5.41) is 0. The lowest BCUT2D eigenvalue weighted by Crippen LogP contribution is -2.51. The van der Waals surface area contributed by atoms with Crippen LogP contribution >= 0.6 is 0 Å². The maximum atomic E-state index is 13.2. The van der Waals surface area contributed by atoms with Crippen molar-refractivity contribution in [3.8, 4) is 0 Å². The molecule has 0 aromatic rings. The second kappa shape index (κ2) is 7.76. The SMILES string of the molecule is CCCCOC(=O)C(=O)[C@H]1C(C)C[C@H]2[C@@H]3CCC4=CC(=O)C=C[C@]4(C)[C@H]3CC[C@]12C. The number of esters is 1. The molecule has 4 aliphatic carbocycles. The number of ether oxygens (including phenoxy) is 1. The van der Waals surface area contributed by atoms with Crippen molar-refractivity contribution in [1.82, 2.24) is 0 Å². The zero-order valence-electron chi connectivity index (χ0n) is 18.9. The Hall–Kier alpha value is -1.71. The smallest absolute Gasteiger partial charge is 0.374 e. The lowest BCUT2D eigenvalue weighted by atomic mass is 9.47. The Morgan fingerprint density at radius 1 is 1.20 bits per heavy atom. The number of allylic oxidation sites excluding steroid dienone is 4. The van der Waals surface area contributed by atoms with Gasteiger partial charge in [0, 0.05) is 11.3 Å². The molecule has 1 unspecified atom stereocenters. The van der Waals surface area contributed by atoms with E-state index < -0.39 is 5.97 Å². The third kappa shape index (κ3) is 3.22. The monoisotopic (exact) mass is 412 g/mol. The minimum absolute atomic E-state index is 0.0391. The first-order chi connectivity index (χ1) is 14.2. The fourth-order valence-electron chi connectivity index (χ4n) is 7.63. The zero-order chi connectivity index (χ0) is 21.7. The molecule has 4 aliphatic rings. The third-order valence-corrected chi connectivity index (χ3v) is 9.11. The second-order valence-corrected chi connectivity index (χ2v) is 10.7. The first kappa shape index (κ1) is 21.5. The van der Waals surface area contributed by atoms with Gasteiger partial charge in [-0.05, 0) is 79.8 Å². The average molecular weight is 413 g/mol. The average Bonchev–Trinajstić information content (AvgIpc) is 2.98. The lowest BCUT2D eigenvalue weighted by Gasteiger charge is -2.56. The van der Waals surface area contributed by atoms with Crippen LogP contribution in [0.3, 0.4) is 0 Å². The third-order valence-electron chi connectivity index (χ3n) is 9.11. The van der Waals surface area contributed by atoms with Gasteiger partial charge >= 0.3 is 5.97 Å². The Morgan fingerprint density at radius 2 is 1.97 bits per heavy atom. The number of rotatable bonds is 5. The van der Waals surface area contributed by atoms with Crippen LogP contribution in [0.1, 0.15) is 72.6 Å². The maximum Gasteiger partial charge on any atom is 0.374 e. The number of hydrogen-bond donors (Lipinski definition) is 0. The highest BCUT2D eigenvalue weighted by Crippen LogP contribution is 2.67. The molecule has 0 saturated heterocycles. The van der Waals surface area contributed by atoms with Crippen LogP contribution in [0.15, 0.2) is 23.8 Å². The van der Waals surface area contributed by atoms with Crippen LogP contribution in [0.5, 0.6) is 0 Å². The number of fused-ring (bicyclic) bond motifs is 5.